The van der Waals surface area contributed by atoms with Crippen LogP contribution in [-0.2, 0) is 14.3 Å². The van der Waals surface area contributed by atoms with Crippen LogP contribution in [0.4, 0.5) is 0 Å². The molecule has 2 atom stereocenters. The monoisotopic (exact) mass is 273 g/mol. The summed E-state index contributed by atoms with van der Waals surface area (Å²) in [5.41, 5.74) is 0. The van der Waals surface area contributed by atoms with Crippen molar-refractivity contribution >= 4 is 46.1 Å². The second-order valence-corrected chi connectivity index (χ2v) is 5.84. The number of hydrogen-bond donors (Lipinski definition) is 1. The fraction of sp³-hybridized carbons (Fsp3) is 0.889. The fourth-order valence-corrected chi connectivity index (χ4v) is 3.60. The predicted molar refractivity (Wildman–Crippen MR) is 75.1 cm³/mol. The smallest absolute Gasteiger partial charge is 0.311 e. The predicted octanol–water partition coefficient (Wildman–Crippen LogP) is -1.59. The number of ether oxygens (including phenoxy) is 2. The lowest BCUT2D eigenvalue weighted by Gasteiger charge is -2.62. The van der Waals surface area contributed by atoms with Crippen molar-refractivity contribution in [2.24, 2.45) is 5.92 Å². The van der Waals surface area contributed by atoms with E-state index in [1.807, 2.05) is 6.66 Å². The summed E-state index contributed by atoms with van der Waals surface area (Å²) in [5, 5.41) is 5.88. The van der Waals surface area contributed by atoms with Crippen molar-refractivity contribution in [1.82, 2.24) is 4.67 Å². The van der Waals surface area contributed by atoms with Crippen LogP contribution in [0, 0.1) is 5.92 Å². The molecule has 10 heteroatoms. The summed E-state index contributed by atoms with van der Waals surface area (Å²) in [7, 11) is 24.1. The Balaban J connectivity index is 2.50. The van der Waals surface area contributed by atoms with Gasteiger partial charge in [-0.2, -0.15) is 0 Å². The van der Waals surface area contributed by atoms with Crippen LogP contribution >= 0.6 is 8.73 Å². The van der Waals surface area contributed by atoms with E-state index in [-0.39, 0.29) is 28.5 Å². The first-order chi connectivity index (χ1) is 8.69. The molecule has 1 N–H and O–H groups in total. The van der Waals surface area contributed by atoms with E-state index >= 15 is 0 Å². The van der Waals surface area contributed by atoms with Crippen LogP contribution in [0.2, 0.25) is 5.21 Å². The summed E-state index contributed by atoms with van der Waals surface area (Å²) in [6.45, 7) is 2.52. The average molecular weight is 272 g/mol. The van der Waals surface area contributed by atoms with Gasteiger partial charge in [-0.05, 0) is 6.66 Å². The van der Waals surface area contributed by atoms with Crippen molar-refractivity contribution in [1.29, 1.82) is 0 Å². The second kappa shape index (κ2) is 4.80. The molecule has 2 saturated heterocycles. The van der Waals surface area contributed by atoms with Crippen LogP contribution < -0.4 is 0 Å². The minimum Gasteiger partial charge on any atom is -0.481 e. The highest BCUT2D eigenvalue weighted by atomic mass is 31.1. The number of aliphatic carboxylic acids is 1. The topological polar surface area (TPSA) is 59.0 Å². The number of rotatable bonds is 2. The highest BCUT2D eigenvalue weighted by molar-refractivity contribution is 7.34. The Hall–Kier alpha value is 0.0397. The molecule has 2 fully saturated rings. The molecule has 19 heavy (non-hydrogen) atoms. The molecule has 2 heterocycles. The fourth-order valence-electron chi connectivity index (χ4n) is 2.66. The zero-order valence-electron chi connectivity index (χ0n) is 10.6. The van der Waals surface area contributed by atoms with Crippen molar-refractivity contribution in [3.8, 4) is 0 Å². The summed E-state index contributed by atoms with van der Waals surface area (Å²) >= 11 is 0. The maximum absolute atomic E-state index is 11.6. The minimum atomic E-state index is -1.90. The molecular weight excluding hydrogens is 260 g/mol. The van der Waals surface area contributed by atoms with E-state index < -0.39 is 28.2 Å². The third kappa shape index (κ3) is 2.10. The van der Waals surface area contributed by atoms with Crippen LogP contribution in [0.15, 0.2) is 0 Å². The van der Waals surface area contributed by atoms with Crippen LogP contribution in [0.3, 0.4) is 0 Å². The Morgan fingerprint density at radius 2 is 1.84 bits per heavy atom. The van der Waals surface area contributed by atoms with E-state index in [0.29, 0.717) is 0 Å². The van der Waals surface area contributed by atoms with Crippen molar-refractivity contribution in [3.63, 3.8) is 0 Å². The van der Waals surface area contributed by atoms with Gasteiger partial charge in [0.2, 0.25) is 0 Å². The van der Waals surface area contributed by atoms with Gasteiger partial charge in [0.25, 0.3) is 0 Å². The molecule has 0 aliphatic carbocycles. The molecule has 5 nitrogen and oxygen atoms in total. The molecular formula is C9H12B4NO4P. The van der Waals surface area contributed by atoms with Gasteiger partial charge in [-0.3, -0.25) is 9.46 Å². The van der Waals surface area contributed by atoms with Gasteiger partial charge >= 0.3 is 5.97 Å². The van der Waals surface area contributed by atoms with Gasteiger partial charge in [-0.1, -0.05) is 19.3 Å². The maximum Gasteiger partial charge on any atom is 0.311 e. The molecule has 0 aromatic heterocycles. The summed E-state index contributed by atoms with van der Waals surface area (Å²) in [5.74, 6) is -4.00. The molecule has 94 valence electrons. The lowest BCUT2D eigenvalue weighted by atomic mass is 9.28. The highest BCUT2D eigenvalue weighted by Gasteiger charge is 2.63. The standard InChI is InChI=1S/C9H12B4NO4P/c1-19-14-4-7(17-2-3-18-7)5(6(15)16)8(10,11)9(14,12)13/h5,19H,2-4H2,1H3,(H,15,16). The maximum atomic E-state index is 11.6. The van der Waals surface area contributed by atoms with Crippen LogP contribution in [0.1, 0.15) is 0 Å². The Labute approximate surface area is 119 Å². The van der Waals surface area contributed by atoms with E-state index in [2.05, 4.69) is 0 Å². The Morgan fingerprint density at radius 1 is 1.32 bits per heavy atom. The van der Waals surface area contributed by atoms with Crippen LogP contribution in [0.25, 0.3) is 0 Å². The van der Waals surface area contributed by atoms with Gasteiger partial charge in [0.05, 0.1) is 51.1 Å². The van der Waals surface area contributed by atoms with Gasteiger partial charge in [0, 0.05) is 0 Å². The summed E-state index contributed by atoms with van der Waals surface area (Å²) in [4.78, 5) is 11.6. The molecule has 2 aliphatic rings. The Bertz CT molecular complexity index is 386. The van der Waals surface area contributed by atoms with Crippen molar-refractivity contribution in [2.45, 2.75) is 16.3 Å². The average Bonchev–Trinajstić information content (AvgIpc) is 2.72. The lowest BCUT2D eigenvalue weighted by Crippen LogP contribution is -2.72. The van der Waals surface area contributed by atoms with E-state index in [1.54, 1.807) is 4.67 Å². The highest BCUT2D eigenvalue weighted by Crippen LogP contribution is 2.55. The molecule has 0 aromatic carbocycles. The Kier molecular flexibility index (Phi) is 3.90. The number of piperidine rings is 1. The normalized spacial score (nSPS) is 33.0. The molecule has 1 spiro atoms. The van der Waals surface area contributed by atoms with Gasteiger partial charge in [-0.25, -0.2) is 0 Å². The van der Waals surface area contributed by atoms with Gasteiger partial charge in [-0.15, -0.1) is 0 Å². The van der Waals surface area contributed by atoms with E-state index in [1.165, 1.54) is 0 Å². The summed E-state index contributed by atoms with van der Waals surface area (Å²) in [6.07, 6.45) is 0. The van der Waals surface area contributed by atoms with Crippen molar-refractivity contribution in [3.05, 3.63) is 0 Å². The number of nitrogens with zero attached hydrogens (tertiary/aromatic N) is 1. The quantitative estimate of drug-likeness (QED) is 0.485. The van der Waals surface area contributed by atoms with E-state index in [0.717, 1.165) is 0 Å². The number of hydrogen-bond acceptors (Lipinski definition) is 4. The number of carboxylic acids is 1. The lowest BCUT2D eigenvalue weighted by molar-refractivity contribution is -0.228. The SMILES string of the molecule is [B]C1([B])C(C(=O)O)C2(CN(PC)C1([B])[B])OCCO2. The van der Waals surface area contributed by atoms with Crippen LogP contribution in [0.5, 0.6) is 0 Å². The van der Waals surface area contributed by atoms with Gasteiger partial charge in [0.15, 0.2) is 5.79 Å². The zero-order valence-corrected chi connectivity index (χ0v) is 11.6. The molecule has 2 rings (SSSR count). The molecule has 0 bridgehead atoms. The first-order valence-corrected chi connectivity index (χ1v) is 7.25. The molecule has 0 amide bonds. The molecule has 0 saturated carbocycles. The van der Waals surface area contributed by atoms with E-state index in [4.69, 9.17) is 40.9 Å². The van der Waals surface area contributed by atoms with E-state index in [9.17, 15) is 9.90 Å². The third-order valence-electron chi connectivity index (χ3n) is 3.73. The third-order valence-corrected chi connectivity index (χ3v) is 4.80. The van der Waals surface area contributed by atoms with Crippen molar-refractivity contribution < 1.29 is 19.4 Å². The first-order valence-electron chi connectivity index (χ1n) is 5.80. The summed E-state index contributed by atoms with van der Waals surface area (Å²) in [6, 6.07) is 0. The van der Waals surface area contributed by atoms with Crippen molar-refractivity contribution in [2.75, 3.05) is 26.4 Å². The second-order valence-electron chi connectivity index (χ2n) is 4.85. The minimum absolute atomic E-state index is 0.113. The molecule has 2 aliphatic heterocycles. The number of carbonyl (C=O) groups is 1. The van der Waals surface area contributed by atoms with Gasteiger partial charge in [0.1, 0.15) is 5.92 Å². The first kappa shape index (κ1) is 15.4. The molecule has 2 unspecified atom stereocenters. The van der Waals surface area contributed by atoms with Crippen LogP contribution in [-0.4, -0.2) is 84.7 Å². The Morgan fingerprint density at radius 3 is 2.26 bits per heavy atom. The number of carboxylic acid groups (broad SMARTS) is 1. The summed E-state index contributed by atoms with van der Waals surface area (Å²) < 4.78 is 12.6. The molecule has 8 radical (unpaired) electrons. The zero-order chi connectivity index (χ0) is 14.5. The van der Waals surface area contributed by atoms with Gasteiger partial charge < -0.3 is 14.6 Å². The largest absolute Gasteiger partial charge is 0.481 e. The molecule has 0 aromatic rings.